The van der Waals surface area contributed by atoms with Gasteiger partial charge in [-0.15, -0.1) is 0 Å². The van der Waals surface area contributed by atoms with Crippen LogP contribution in [-0.2, 0) is 0 Å². The zero-order chi connectivity index (χ0) is 11.8. The minimum Gasteiger partial charge on any atom is -0.369 e. The van der Waals surface area contributed by atoms with E-state index in [-0.39, 0.29) is 0 Å². The van der Waals surface area contributed by atoms with Crippen molar-refractivity contribution >= 4 is 28.9 Å². The van der Waals surface area contributed by atoms with Crippen LogP contribution in [0.1, 0.15) is 12.8 Å². The number of rotatable bonds is 2. The van der Waals surface area contributed by atoms with Gasteiger partial charge in [0, 0.05) is 41.4 Å². The second kappa shape index (κ2) is 4.68. The van der Waals surface area contributed by atoms with E-state index in [1.165, 1.54) is 12.8 Å². The maximum atomic E-state index is 6.05. The highest BCUT2D eigenvalue weighted by Gasteiger charge is 2.34. The lowest BCUT2D eigenvalue weighted by Crippen LogP contribution is -2.51. The van der Waals surface area contributed by atoms with Gasteiger partial charge < -0.3 is 10.2 Å². The number of piperazine rings is 1. The molecule has 3 rings (SSSR count). The molecule has 0 bridgehead atoms. The Morgan fingerprint density at radius 3 is 2.47 bits per heavy atom. The van der Waals surface area contributed by atoms with Gasteiger partial charge in [0.15, 0.2) is 0 Å². The van der Waals surface area contributed by atoms with Crippen LogP contribution in [0, 0.1) is 5.92 Å². The van der Waals surface area contributed by atoms with E-state index in [1.807, 2.05) is 12.1 Å². The van der Waals surface area contributed by atoms with Crippen LogP contribution >= 0.6 is 23.2 Å². The Morgan fingerprint density at radius 1 is 1.12 bits per heavy atom. The van der Waals surface area contributed by atoms with Crippen molar-refractivity contribution in [2.75, 3.05) is 24.5 Å². The highest BCUT2D eigenvalue weighted by atomic mass is 35.5. The largest absolute Gasteiger partial charge is 0.369 e. The minimum atomic E-state index is 0.640. The maximum Gasteiger partial charge on any atom is 0.0441 e. The first kappa shape index (κ1) is 11.6. The lowest BCUT2D eigenvalue weighted by Gasteiger charge is -2.35. The topological polar surface area (TPSA) is 15.3 Å². The molecule has 1 aliphatic heterocycles. The van der Waals surface area contributed by atoms with E-state index in [1.54, 1.807) is 6.07 Å². The molecule has 2 nitrogen and oxygen atoms in total. The monoisotopic (exact) mass is 270 g/mol. The number of nitrogens with one attached hydrogen (secondary N) is 1. The Morgan fingerprint density at radius 2 is 1.82 bits per heavy atom. The Balaban J connectivity index is 1.77. The fourth-order valence-corrected chi connectivity index (χ4v) is 3.06. The molecule has 2 aliphatic rings. The third kappa shape index (κ3) is 2.70. The van der Waals surface area contributed by atoms with E-state index in [2.05, 4.69) is 10.2 Å². The average molecular weight is 271 g/mol. The fraction of sp³-hybridized carbons (Fsp3) is 0.538. The molecule has 17 heavy (non-hydrogen) atoms. The van der Waals surface area contributed by atoms with Crippen LogP contribution in [0.15, 0.2) is 18.2 Å². The van der Waals surface area contributed by atoms with Crippen LogP contribution in [0.4, 0.5) is 5.69 Å². The third-order valence-corrected chi connectivity index (χ3v) is 4.05. The molecule has 1 atom stereocenters. The van der Waals surface area contributed by atoms with Gasteiger partial charge in [0.25, 0.3) is 0 Å². The highest BCUT2D eigenvalue weighted by Crippen LogP contribution is 2.35. The van der Waals surface area contributed by atoms with Crippen molar-refractivity contribution in [1.82, 2.24) is 5.32 Å². The number of hydrogen-bond acceptors (Lipinski definition) is 2. The third-order valence-electron chi connectivity index (χ3n) is 3.61. The van der Waals surface area contributed by atoms with E-state index >= 15 is 0 Å². The van der Waals surface area contributed by atoms with Crippen molar-refractivity contribution < 1.29 is 0 Å². The first-order valence-electron chi connectivity index (χ1n) is 6.17. The van der Waals surface area contributed by atoms with Crippen LogP contribution in [0.2, 0.25) is 10.0 Å². The molecule has 1 saturated heterocycles. The smallest absolute Gasteiger partial charge is 0.0441 e. The van der Waals surface area contributed by atoms with Gasteiger partial charge in [0.2, 0.25) is 0 Å². The van der Waals surface area contributed by atoms with Gasteiger partial charge in [-0.3, -0.25) is 0 Å². The zero-order valence-corrected chi connectivity index (χ0v) is 11.1. The molecule has 1 aliphatic carbocycles. The van der Waals surface area contributed by atoms with Crippen molar-refractivity contribution in [2.45, 2.75) is 18.9 Å². The Labute approximate surface area is 112 Å². The van der Waals surface area contributed by atoms with Gasteiger partial charge in [-0.2, -0.15) is 0 Å². The van der Waals surface area contributed by atoms with Crippen molar-refractivity contribution in [1.29, 1.82) is 0 Å². The van der Waals surface area contributed by atoms with E-state index in [0.717, 1.165) is 31.2 Å². The summed E-state index contributed by atoms with van der Waals surface area (Å²) >= 11 is 12.1. The van der Waals surface area contributed by atoms with Gasteiger partial charge in [0.1, 0.15) is 0 Å². The zero-order valence-electron chi connectivity index (χ0n) is 9.63. The molecule has 4 heteroatoms. The lowest BCUT2D eigenvalue weighted by molar-refractivity contribution is 0.419. The van der Waals surface area contributed by atoms with Crippen molar-refractivity contribution in [2.24, 2.45) is 5.92 Å². The quantitative estimate of drug-likeness (QED) is 0.888. The van der Waals surface area contributed by atoms with Crippen molar-refractivity contribution in [3.63, 3.8) is 0 Å². The second-order valence-electron chi connectivity index (χ2n) is 4.97. The molecule has 0 spiro atoms. The highest BCUT2D eigenvalue weighted by molar-refractivity contribution is 6.35. The molecule has 1 N–H and O–H groups in total. The molecule has 1 unspecified atom stereocenters. The first-order valence-corrected chi connectivity index (χ1v) is 6.92. The number of anilines is 1. The molecular formula is C13H16Cl2N2. The molecule has 2 fully saturated rings. The predicted molar refractivity (Wildman–Crippen MR) is 73.2 cm³/mol. The number of benzene rings is 1. The van der Waals surface area contributed by atoms with Gasteiger partial charge in [-0.05, 0) is 37.0 Å². The van der Waals surface area contributed by atoms with E-state index in [0.29, 0.717) is 16.1 Å². The SMILES string of the molecule is Clc1cc(Cl)cc(N2CCNC(C3CC3)C2)c1. The normalized spacial score (nSPS) is 25.1. The summed E-state index contributed by atoms with van der Waals surface area (Å²) < 4.78 is 0. The average Bonchev–Trinajstić information content (AvgIpc) is 3.12. The number of nitrogens with zero attached hydrogens (tertiary/aromatic N) is 1. The summed E-state index contributed by atoms with van der Waals surface area (Å²) in [4.78, 5) is 2.39. The van der Waals surface area contributed by atoms with Crippen molar-refractivity contribution in [3.05, 3.63) is 28.2 Å². The summed E-state index contributed by atoms with van der Waals surface area (Å²) in [6.45, 7) is 3.15. The fourth-order valence-electron chi connectivity index (χ4n) is 2.55. The minimum absolute atomic E-state index is 0.640. The maximum absolute atomic E-state index is 6.05. The predicted octanol–water partition coefficient (Wildman–Crippen LogP) is 3.18. The summed E-state index contributed by atoms with van der Waals surface area (Å²) in [5.74, 6) is 0.882. The molecular weight excluding hydrogens is 255 g/mol. The lowest BCUT2D eigenvalue weighted by atomic mass is 10.1. The Kier molecular flexibility index (Phi) is 3.20. The van der Waals surface area contributed by atoms with Crippen LogP contribution < -0.4 is 10.2 Å². The summed E-state index contributed by atoms with van der Waals surface area (Å²) in [5, 5.41) is 5.04. The van der Waals surface area contributed by atoms with E-state index in [4.69, 9.17) is 23.2 Å². The van der Waals surface area contributed by atoms with Gasteiger partial charge in [-0.25, -0.2) is 0 Å². The van der Waals surface area contributed by atoms with Crippen LogP contribution in [0.25, 0.3) is 0 Å². The summed E-state index contributed by atoms with van der Waals surface area (Å²) in [7, 11) is 0. The van der Waals surface area contributed by atoms with Crippen molar-refractivity contribution in [3.8, 4) is 0 Å². The number of hydrogen-bond donors (Lipinski definition) is 1. The van der Waals surface area contributed by atoms with Gasteiger partial charge in [0.05, 0.1) is 0 Å². The van der Waals surface area contributed by atoms with E-state index in [9.17, 15) is 0 Å². The van der Waals surface area contributed by atoms with Crippen LogP contribution in [-0.4, -0.2) is 25.7 Å². The van der Waals surface area contributed by atoms with Crippen LogP contribution in [0.3, 0.4) is 0 Å². The Bertz CT molecular complexity index is 398. The van der Waals surface area contributed by atoms with Gasteiger partial charge in [-0.1, -0.05) is 23.2 Å². The summed E-state index contributed by atoms with van der Waals surface area (Å²) in [6.07, 6.45) is 2.75. The Hall–Kier alpha value is -0.440. The second-order valence-corrected chi connectivity index (χ2v) is 5.84. The molecule has 0 radical (unpaired) electrons. The van der Waals surface area contributed by atoms with E-state index < -0.39 is 0 Å². The number of halogens is 2. The molecule has 1 heterocycles. The molecule has 92 valence electrons. The molecule has 1 aromatic carbocycles. The standard InChI is InChI=1S/C13H16Cl2N2/c14-10-5-11(15)7-12(6-10)17-4-3-16-13(8-17)9-1-2-9/h5-7,9,13,16H,1-4,8H2. The molecule has 1 saturated carbocycles. The summed E-state index contributed by atoms with van der Waals surface area (Å²) in [6, 6.07) is 6.43. The first-order chi connectivity index (χ1) is 8.22. The van der Waals surface area contributed by atoms with Crippen LogP contribution in [0.5, 0.6) is 0 Å². The molecule has 1 aromatic rings. The van der Waals surface area contributed by atoms with Gasteiger partial charge >= 0.3 is 0 Å². The summed E-state index contributed by atoms with van der Waals surface area (Å²) in [5.41, 5.74) is 1.15. The molecule has 0 amide bonds. The molecule has 0 aromatic heterocycles.